The lowest BCUT2D eigenvalue weighted by atomic mass is 9.94. The normalized spacial score (nSPS) is 12.6. The molecule has 0 aliphatic rings. The van der Waals surface area contributed by atoms with Crippen LogP contribution in [0.5, 0.6) is 0 Å². The molecule has 2 aromatic rings. The van der Waals surface area contributed by atoms with Gasteiger partial charge in [0.25, 0.3) is 5.91 Å². The molecule has 6 nitrogen and oxygen atoms in total. The fourth-order valence-corrected chi connectivity index (χ4v) is 2.92. The zero-order chi connectivity index (χ0) is 20.5. The van der Waals surface area contributed by atoms with Gasteiger partial charge in [0, 0.05) is 12.3 Å². The summed E-state index contributed by atoms with van der Waals surface area (Å²) in [6.07, 6.45) is 1.23. The Morgan fingerprint density at radius 1 is 1.04 bits per heavy atom. The van der Waals surface area contributed by atoms with Crippen LogP contribution in [-0.4, -0.2) is 35.0 Å². The van der Waals surface area contributed by atoms with E-state index < -0.39 is 29.6 Å². The molecular formula is C22H24N2O4. The maximum Gasteiger partial charge on any atom is 0.306 e. The number of carboxylic acid groups (broad SMARTS) is 1. The second-order valence-corrected chi connectivity index (χ2v) is 6.74. The van der Waals surface area contributed by atoms with Gasteiger partial charge >= 0.3 is 5.97 Å². The van der Waals surface area contributed by atoms with Gasteiger partial charge in [0.2, 0.25) is 5.78 Å². The van der Waals surface area contributed by atoms with Gasteiger partial charge in [0.05, 0.1) is 12.3 Å². The van der Waals surface area contributed by atoms with Crippen LogP contribution < -0.4 is 5.32 Å². The van der Waals surface area contributed by atoms with E-state index in [0.717, 1.165) is 22.9 Å². The van der Waals surface area contributed by atoms with Gasteiger partial charge in [-0.25, -0.2) is 0 Å². The summed E-state index contributed by atoms with van der Waals surface area (Å²) in [5.41, 5.74) is 3.09. The second kappa shape index (κ2) is 10.2. The summed E-state index contributed by atoms with van der Waals surface area (Å²) >= 11 is 0. The summed E-state index contributed by atoms with van der Waals surface area (Å²) in [4.78, 5) is 34.9. The lowest BCUT2D eigenvalue weighted by Gasteiger charge is -2.20. The standard InChI is InChI=1S/C22H24N2O4/c1-15(22(27)28)13-19(24-21(26)20(25)11-12-23)14-16-7-9-18(10-8-16)17-5-3-2-4-6-17/h2-10,12,15,19,23H,11,13-14H2,1H3,(H,24,26)(H,27,28)/t15-,19+/m1/s1. The molecule has 0 spiro atoms. The van der Waals surface area contributed by atoms with Crippen LogP contribution in [0.3, 0.4) is 0 Å². The number of ketones is 1. The topological polar surface area (TPSA) is 107 Å². The predicted molar refractivity (Wildman–Crippen MR) is 107 cm³/mol. The zero-order valence-electron chi connectivity index (χ0n) is 15.7. The van der Waals surface area contributed by atoms with Crippen LogP contribution in [0.25, 0.3) is 11.1 Å². The van der Waals surface area contributed by atoms with E-state index in [0.29, 0.717) is 6.42 Å². The molecular weight excluding hydrogens is 356 g/mol. The van der Waals surface area contributed by atoms with Crippen LogP contribution in [0.15, 0.2) is 54.6 Å². The van der Waals surface area contributed by atoms with E-state index in [1.54, 1.807) is 6.92 Å². The molecule has 0 heterocycles. The molecule has 0 radical (unpaired) electrons. The second-order valence-electron chi connectivity index (χ2n) is 6.74. The van der Waals surface area contributed by atoms with Gasteiger partial charge in [-0.1, -0.05) is 61.5 Å². The van der Waals surface area contributed by atoms with E-state index in [4.69, 9.17) is 5.41 Å². The number of rotatable bonds is 10. The molecule has 2 atom stereocenters. The Morgan fingerprint density at radius 3 is 2.21 bits per heavy atom. The maximum absolute atomic E-state index is 12.0. The van der Waals surface area contributed by atoms with Crippen molar-refractivity contribution in [2.45, 2.75) is 32.2 Å². The van der Waals surface area contributed by atoms with E-state index in [1.165, 1.54) is 0 Å². The van der Waals surface area contributed by atoms with Crippen molar-refractivity contribution >= 4 is 23.9 Å². The smallest absolute Gasteiger partial charge is 0.306 e. The van der Waals surface area contributed by atoms with E-state index >= 15 is 0 Å². The zero-order valence-corrected chi connectivity index (χ0v) is 15.7. The molecule has 28 heavy (non-hydrogen) atoms. The Hall–Kier alpha value is -3.28. The van der Waals surface area contributed by atoms with Gasteiger partial charge in [-0.3, -0.25) is 14.4 Å². The first kappa shape index (κ1) is 21.0. The highest BCUT2D eigenvalue weighted by molar-refractivity contribution is 6.38. The first-order valence-electron chi connectivity index (χ1n) is 9.10. The third-order valence-corrected chi connectivity index (χ3v) is 4.48. The number of carbonyl (C=O) groups excluding carboxylic acids is 2. The maximum atomic E-state index is 12.0. The third-order valence-electron chi connectivity index (χ3n) is 4.48. The minimum atomic E-state index is -0.954. The quantitative estimate of drug-likeness (QED) is 0.435. The Morgan fingerprint density at radius 2 is 1.64 bits per heavy atom. The number of aliphatic carboxylic acids is 1. The van der Waals surface area contributed by atoms with Gasteiger partial charge in [-0.2, -0.15) is 0 Å². The molecule has 2 rings (SSSR count). The van der Waals surface area contributed by atoms with Gasteiger partial charge in [0.15, 0.2) is 0 Å². The highest BCUT2D eigenvalue weighted by atomic mass is 16.4. The summed E-state index contributed by atoms with van der Waals surface area (Å²) in [7, 11) is 0. The van der Waals surface area contributed by atoms with Crippen LogP contribution >= 0.6 is 0 Å². The first-order chi connectivity index (χ1) is 13.4. The minimum Gasteiger partial charge on any atom is -0.481 e. The fraction of sp³-hybridized carbons (Fsp3) is 0.273. The summed E-state index contributed by atoms with van der Waals surface area (Å²) in [5, 5.41) is 18.7. The van der Waals surface area contributed by atoms with E-state index in [9.17, 15) is 19.5 Å². The van der Waals surface area contributed by atoms with Crippen molar-refractivity contribution in [1.82, 2.24) is 5.32 Å². The van der Waals surface area contributed by atoms with Crippen molar-refractivity contribution in [3.63, 3.8) is 0 Å². The highest BCUT2D eigenvalue weighted by Gasteiger charge is 2.23. The lowest BCUT2D eigenvalue weighted by molar-refractivity contribution is -0.142. The molecule has 6 heteroatoms. The molecule has 0 bridgehead atoms. The molecule has 0 fully saturated rings. The van der Waals surface area contributed by atoms with Crippen molar-refractivity contribution < 1.29 is 19.5 Å². The Balaban J connectivity index is 2.12. The lowest BCUT2D eigenvalue weighted by Crippen LogP contribution is -2.42. The molecule has 1 amide bonds. The van der Waals surface area contributed by atoms with Crippen LogP contribution in [0.2, 0.25) is 0 Å². The van der Waals surface area contributed by atoms with Gasteiger partial charge in [-0.15, -0.1) is 0 Å². The van der Waals surface area contributed by atoms with E-state index in [1.807, 2.05) is 54.6 Å². The number of carbonyl (C=O) groups is 3. The van der Waals surface area contributed by atoms with E-state index in [-0.39, 0.29) is 12.8 Å². The predicted octanol–water partition coefficient (Wildman–Crippen LogP) is 3.10. The van der Waals surface area contributed by atoms with Crippen molar-refractivity contribution in [3.8, 4) is 11.1 Å². The molecule has 0 unspecified atom stereocenters. The first-order valence-corrected chi connectivity index (χ1v) is 9.10. The van der Waals surface area contributed by atoms with Gasteiger partial charge in [0.1, 0.15) is 0 Å². The van der Waals surface area contributed by atoms with Crippen molar-refractivity contribution in [1.29, 1.82) is 5.41 Å². The minimum absolute atomic E-state index is 0.208. The highest BCUT2D eigenvalue weighted by Crippen LogP contribution is 2.20. The molecule has 3 N–H and O–H groups in total. The average Bonchev–Trinajstić information content (AvgIpc) is 2.69. The molecule has 0 aliphatic carbocycles. The summed E-state index contributed by atoms with van der Waals surface area (Å²) < 4.78 is 0. The Bertz CT molecular complexity index is 831. The van der Waals surface area contributed by atoms with Gasteiger partial charge in [-0.05, 0) is 29.5 Å². The summed E-state index contributed by atoms with van der Waals surface area (Å²) in [6, 6.07) is 17.3. The van der Waals surface area contributed by atoms with Crippen LogP contribution in [0.4, 0.5) is 0 Å². The number of Topliss-reactive ketones (excluding diaryl/α,β-unsaturated/α-hetero) is 1. The summed E-state index contributed by atoms with van der Waals surface area (Å²) in [5.74, 6) is -3.11. The molecule has 2 aromatic carbocycles. The van der Waals surface area contributed by atoms with Crippen LogP contribution in [-0.2, 0) is 20.8 Å². The van der Waals surface area contributed by atoms with Gasteiger partial charge < -0.3 is 15.8 Å². The summed E-state index contributed by atoms with van der Waals surface area (Å²) in [6.45, 7) is 1.57. The molecule has 0 saturated heterocycles. The molecule has 0 saturated carbocycles. The fourth-order valence-electron chi connectivity index (χ4n) is 2.92. The average molecular weight is 380 g/mol. The number of hydrogen-bond acceptors (Lipinski definition) is 4. The number of amides is 1. The Kier molecular flexibility index (Phi) is 7.63. The Labute approximate surface area is 164 Å². The van der Waals surface area contributed by atoms with Crippen LogP contribution in [0, 0.1) is 11.3 Å². The number of hydrogen-bond donors (Lipinski definition) is 3. The number of carboxylic acids is 1. The number of benzene rings is 2. The van der Waals surface area contributed by atoms with E-state index in [2.05, 4.69) is 5.32 Å². The molecule has 0 aliphatic heterocycles. The molecule has 0 aromatic heterocycles. The van der Waals surface area contributed by atoms with Crippen LogP contribution in [0.1, 0.15) is 25.3 Å². The number of nitrogens with one attached hydrogen (secondary N) is 2. The van der Waals surface area contributed by atoms with Crippen molar-refractivity contribution in [2.75, 3.05) is 0 Å². The monoisotopic (exact) mass is 380 g/mol. The molecule has 146 valence electrons. The largest absolute Gasteiger partial charge is 0.481 e. The third kappa shape index (κ3) is 6.16. The SMILES string of the molecule is C[C@H](C[C@@H](Cc1ccc(-c2ccccc2)cc1)NC(=O)C(=O)CC=N)C(=O)O. The van der Waals surface area contributed by atoms with Crippen molar-refractivity contribution in [3.05, 3.63) is 60.2 Å². The van der Waals surface area contributed by atoms with Crippen molar-refractivity contribution in [2.24, 2.45) is 5.92 Å².